The number of rotatable bonds is 7. The first-order valence-electron chi connectivity index (χ1n) is 9.85. The summed E-state index contributed by atoms with van der Waals surface area (Å²) in [5.74, 6) is -0.961. The molecule has 0 radical (unpaired) electrons. The van der Waals surface area contributed by atoms with Crippen LogP contribution in [-0.2, 0) is 14.3 Å². The van der Waals surface area contributed by atoms with Crippen LogP contribution in [0.4, 0.5) is 0 Å². The van der Waals surface area contributed by atoms with Gasteiger partial charge in [-0.1, -0.05) is 18.2 Å². The van der Waals surface area contributed by atoms with Gasteiger partial charge < -0.3 is 15.0 Å². The number of hydrogen-bond donors (Lipinski definition) is 1. The van der Waals surface area contributed by atoms with E-state index in [0.29, 0.717) is 18.7 Å². The Morgan fingerprint density at radius 3 is 2.55 bits per heavy atom. The van der Waals surface area contributed by atoms with Crippen molar-refractivity contribution in [1.82, 2.24) is 20.0 Å². The number of likely N-dealkylation sites (tertiary alicyclic amines) is 1. The number of esters is 1. The van der Waals surface area contributed by atoms with Crippen LogP contribution in [0.15, 0.2) is 42.7 Å². The van der Waals surface area contributed by atoms with E-state index in [-0.39, 0.29) is 18.7 Å². The molecule has 1 aliphatic heterocycles. The molecule has 1 aliphatic rings. The Labute approximate surface area is 169 Å². The third-order valence-corrected chi connectivity index (χ3v) is 5.00. The number of nitrogens with one attached hydrogen (secondary N) is 1. The number of carbonyl (C=O) groups is 3. The summed E-state index contributed by atoms with van der Waals surface area (Å²) in [5.41, 5.74) is 1.18. The van der Waals surface area contributed by atoms with Gasteiger partial charge in [0.15, 0.2) is 0 Å². The van der Waals surface area contributed by atoms with Gasteiger partial charge in [0, 0.05) is 25.7 Å². The summed E-state index contributed by atoms with van der Waals surface area (Å²) in [7, 11) is 1.31. The second-order valence-electron chi connectivity index (χ2n) is 7.04. The van der Waals surface area contributed by atoms with E-state index in [1.165, 1.54) is 13.3 Å². The van der Waals surface area contributed by atoms with Crippen molar-refractivity contribution in [2.75, 3.05) is 20.2 Å². The van der Waals surface area contributed by atoms with Crippen molar-refractivity contribution in [3.63, 3.8) is 0 Å². The highest BCUT2D eigenvalue weighted by Crippen LogP contribution is 2.13. The van der Waals surface area contributed by atoms with Crippen molar-refractivity contribution in [2.24, 2.45) is 0 Å². The number of methoxy groups -OCH3 is 1. The topological polar surface area (TPSA) is 93.5 Å². The lowest BCUT2D eigenvalue weighted by molar-refractivity contribution is -0.141. The highest BCUT2D eigenvalue weighted by molar-refractivity contribution is 5.97. The SMILES string of the molecule is COC(=O)CC[C@H](NC(=O)c1cnn(-c2ccccc2)c1)C(=O)N1CCCCC1. The molecular weight excluding hydrogens is 372 g/mol. The third-order valence-electron chi connectivity index (χ3n) is 5.00. The largest absolute Gasteiger partial charge is 0.469 e. The molecule has 3 rings (SSSR count). The lowest BCUT2D eigenvalue weighted by atomic mass is 10.1. The first-order chi connectivity index (χ1) is 14.1. The standard InChI is InChI=1S/C21H26N4O4/c1-29-19(26)11-10-18(21(28)24-12-6-3-7-13-24)23-20(27)16-14-22-25(15-16)17-8-4-2-5-9-17/h2,4-5,8-9,14-15,18H,3,6-7,10-13H2,1H3,(H,23,27)/t18-/m0/s1. The fraction of sp³-hybridized carbons (Fsp3) is 0.429. The zero-order valence-electron chi connectivity index (χ0n) is 16.5. The number of hydrogen-bond acceptors (Lipinski definition) is 5. The molecule has 2 heterocycles. The van der Waals surface area contributed by atoms with Crippen LogP contribution in [0.3, 0.4) is 0 Å². The van der Waals surface area contributed by atoms with Crippen molar-refractivity contribution in [2.45, 2.75) is 38.1 Å². The van der Waals surface area contributed by atoms with Gasteiger partial charge in [-0.3, -0.25) is 14.4 Å². The Hall–Kier alpha value is -3.16. The molecule has 0 aliphatic carbocycles. The van der Waals surface area contributed by atoms with E-state index in [1.807, 2.05) is 30.3 Å². The molecule has 1 fully saturated rings. The van der Waals surface area contributed by atoms with Crippen LogP contribution in [-0.4, -0.2) is 58.7 Å². The maximum absolute atomic E-state index is 12.9. The zero-order chi connectivity index (χ0) is 20.6. The van der Waals surface area contributed by atoms with Gasteiger partial charge in [0.05, 0.1) is 24.6 Å². The van der Waals surface area contributed by atoms with Crippen LogP contribution in [0.25, 0.3) is 5.69 Å². The van der Waals surface area contributed by atoms with Crippen LogP contribution < -0.4 is 5.32 Å². The number of ether oxygens (including phenoxy) is 1. The van der Waals surface area contributed by atoms with Crippen LogP contribution in [0.5, 0.6) is 0 Å². The van der Waals surface area contributed by atoms with E-state index in [1.54, 1.807) is 15.8 Å². The van der Waals surface area contributed by atoms with Gasteiger partial charge in [-0.05, 0) is 37.8 Å². The Kier molecular flexibility index (Phi) is 6.99. The first kappa shape index (κ1) is 20.6. The molecule has 1 atom stereocenters. The monoisotopic (exact) mass is 398 g/mol. The lowest BCUT2D eigenvalue weighted by Gasteiger charge is -2.30. The summed E-state index contributed by atoms with van der Waals surface area (Å²) >= 11 is 0. The summed E-state index contributed by atoms with van der Waals surface area (Å²) in [6.45, 7) is 1.35. The minimum Gasteiger partial charge on any atom is -0.469 e. The van der Waals surface area contributed by atoms with Crippen molar-refractivity contribution in [3.05, 3.63) is 48.3 Å². The third kappa shape index (κ3) is 5.43. The Bertz CT molecular complexity index is 843. The highest BCUT2D eigenvalue weighted by atomic mass is 16.5. The van der Waals surface area contributed by atoms with Gasteiger partial charge >= 0.3 is 5.97 Å². The predicted octanol–water partition coefficient (Wildman–Crippen LogP) is 1.94. The average Bonchev–Trinajstić information content (AvgIpc) is 3.27. The molecule has 1 aromatic heterocycles. The van der Waals surface area contributed by atoms with E-state index in [9.17, 15) is 14.4 Å². The second-order valence-corrected chi connectivity index (χ2v) is 7.04. The Morgan fingerprint density at radius 1 is 1.14 bits per heavy atom. The van der Waals surface area contributed by atoms with Crippen LogP contribution in [0, 0.1) is 0 Å². The summed E-state index contributed by atoms with van der Waals surface area (Å²) in [5, 5.41) is 7.01. The van der Waals surface area contributed by atoms with Crippen molar-refractivity contribution in [3.8, 4) is 5.69 Å². The molecule has 0 bridgehead atoms. The normalized spacial score (nSPS) is 14.9. The van der Waals surface area contributed by atoms with E-state index < -0.39 is 17.9 Å². The van der Waals surface area contributed by atoms with Gasteiger partial charge in [-0.15, -0.1) is 0 Å². The molecular formula is C21H26N4O4. The molecule has 8 heteroatoms. The van der Waals surface area contributed by atoms with Crippen molar-refractivity contribution < 1.29 is 19.1 Å². The smallest absolute Gasteiger partial charge is 0.305 e. The van der Waals surface area contributed by atoms with Gasteiger partial charge in [-0.2, -0.15) is 5.10 Å². The quantitative estimate of drug-likeness (QED) is 0.720. The molecule has 1 saturated heterocycles. The van der Waals surface area contributed by atoms with Crippen LogP contribution in [0.2, 0.25) is 0 Å². The maximum Gasteiger partial charge on any atom is 0.305 e. The highest BCUT2D eigenvalue weighted by Gasteiger charge is 2.28. The predicted molar refractivity (Wildman–Crippen MR) is 106 cm³/mol. The fourth-order valence-electron chi connectivity index (χ4n) is 3.36. The minimum absolute atomic E-state index is 0.0598. The second kappa shape index (κ2) is 9.86. The summed E-state index contributed by atoms with van der Waals surface area (Å²) < 4.78 is 6.28. The molecule has 8 nitrogen and oxygen atoms in total. The number of amides is 2. The lowest BCUT2D eigenvalue weighted by Crippen LogP contribution is -2.50. The molecule has 2 aromatic rings. The number of piperidine rings is 1. The average molecular weight is 398 g/mol. The molecule has 2 amide bonds. The number of para-hydroxylation sites is 1. The fourth-order valence-corrected chi connectivity index (χ4v) is 3.36. The van der Waals surface area contributed by atoms with Gasteiger partial charge in [0.1, 0.15) is 6.04 Å². The Balaban J connectivity index is 1.70. The molecule has 1 aromatic carbocycles. The first-order valence-corrected chi connectivity index (χ1v) is 9.85. The molecule has 0 spiro atoms. The van der Waals surface area contributed by atoms with E-state index in [0.717, 1.165) is 24.9 Å². The molecule has 1 N–H and O–H groups in total. The molecule has 0 unspecified atom stereocenters. The van der Waals surface area contributed by atoms with Crippen molar-refractivity contribution in [1.29, 1.82) is 0 Å². The number of benzene rings is 1. The van der Waals surface area contributed by atoms with E-state index in [4.69, 9.17) is 0 Å². The number of carbonyl (C=O) groups excluding carboxylic acids is 3. The summed E-state index contributed by atoms with van der Waals surface area (Å²) in [6, 6.07) is 8.66. The van der Waals surface area contributed by atoms with E-state index in [2.05, 4.69) is 15.2 Å². The molecule has 0 saturated carbocycles. The summed E-state index contributed by atoms with van der Waals surface area (Å²) in [4.78, 5) is 39.0. The Morgan fingerprint density at radius 2 is 1.86 bits per heavy atom. The van der Waals surface area contributed by atoms with Crippen LogP contribution in [0.1, 0.15) is 42.5 Å². The molecule has 29 heavy (non-hydrogen) atoms. The maximum atomic E-state index is 12.9. The van der Waals surface area contributed by atoms with Gasteiger partial charge in [0.2, 0.25) is 5.91 Å². The number of aromatic nitrogens is 2. The van der Waals surface area contributed by atoms with Crippen molar-refractivity contribution >= 4 is 17.8 Å². The van der Waals surface area contributed by atoms with Gasteiger partial charge in [-0.25, -0.2) is 4.68 Å². The zero-order valence-corrected chi connectivity index (χ0v) is 16.5. The van der Waals surface area contributed by atoms with E-state index >= 15 is 0 Å². The summed E-state index contributed by atoms with van der Waals surface area (Å²) in [6.07, 6.45) is 6.34. The minimum atomic E-state index is -0.778. The molecule has 154 valence electrons. The van der Waals surface area contributed by atoms with Gasteiger partial charge in [0.25, 0.3) is 5.91 Å². The number of nitrogens with zero attached hydrogens (tertiary/aromatic N) is 3. The van der Waals surface area contributed by atoms with Crippen LogP contribution >= 0.6 is 0 Å².